The van der Waals surface area contributed by atoms with Crippen LogP contribution in [0.1, 0.15) is 16.8 Å². The molecule has 1 aromatic heterocycles. The van der Waals surface area contributed by atoms with E-state index in [1.165, 1.54) is 0 Å². The first kappa shape index (κ1) is 14.4. The maximum absolute atomic E-state index is 12.7. The zero-order valence-electron chi connectivity index (χ0n) is 11.2. The van der Waals surface area contributed by atoms with E-state index < -0.39 is 22.4 Å². The predicted octanol–water partition coefficient (Wildman–Crippen LogP) is 2.90. The molecule has 0 saturated carbocycles. The van der Waals surface area contributed by atoms with Crippen LogP contribution >= 0.6 is 0 Å². The predicted molar refractivity (Wildman–Crippen MR) is 71.4 cm³/mol. The molecule has 3 rings (SSSR count). The molecule has 0 fully saturated rings. The number of halogens is 3. The van der Waals surface area contributed by atoms with Gasteiger partial charge in [-0.25, -0.2) is 0 Å². The zero-order chi connectivity index (χ0) is 15.9. The third-order valence-corrected chi connectivity index (χ3v) is 3.64. The summed E-state index contributed by atoms with van der Waals surface area (Å²) in [6.45, 7) is 0.847. The minimum absolute atomic E-state index is 0.185. The molecule has 0 atom stereocenters. The second-order valence-electron chi connectivity index (χ2n) is 5.00. The second kappa shape index (κ2) is 5.00. The average Bonchev–Trinajstić information content (AvgIpc) is 2.92. The Balaban J connectivity index is 1.99. The number of H-pyrrole nitrogens is 1. The number of aromatic nitrogens is 2. The molecule has 1 aromatic carbocycles. The van der Waals surface area contributed by atoms with Crippen LogP contribution in [0.3, 0.4) is 0 Å². The number of rotatable bonds is 2. The van der Waals surface area contributed by atoms with Crippen molar-refractivity contribution in [1.29, 1.82) is 0 Å². The summed E-state index contributed by atoms with van der Waals surface area (Å²) in [7, 11) is 0. The number of hydrogen-bond acceptors (Lipinski definition) is 4. The zero-order valence-corrected chi connectivity index (χ0v) is 11.2. The van der Waals surface area contributed by atoms with E-state index in [0.29, 0.717) is 25.6 Å². The third kappa shape index (κ3) is 2.49. The van der Waals surface area contributed by atoms with Crippen molar-refractivity contribution in [1.82, 2.24) is 10.2 Å². The monoisotopic (exact) mass is 312 g/mol. The van der Waals surface area contributed by atoms with Crippen molar-refractivity contribution < 1.29 is 18.1 Å². The first-order chi connectivity index (χ1) is 10.4. The Hall–Kier alpha value is -2.58. The number of nitrogens with zero attached hydrogens (tertiary/aromatic N) is 3. The fraction of sp³-hybridized carbons (Fsp3) is 0.308. The molecule has 0 amide bonds. The summed E-state index contributed by atoms with van der Waals surface area (Å²) in [5.74, 6) is 0. The molecule has 0 saturated heterocycles. The fourth-order valence-corrected chi connectivity index (χ4v) is 2.54. The van der Waals surface area contributed by atoms with Crippen molar-refractivity contribution in [3.05, 3.63) is 51.3 Å². The smallest absolute Gasteiger partial charge is 0.361 e. The summed E-state index contributed by atoms with van der Waals surface area (Å²) in [5, 5.41) is 17.9. The number of aromatic amines is 1. The van der Waals surface area contributed by atoms with Crippen molar-refractivity contribution in [3.8, 4) is 0 Å². The molecule has 22 heavy (non-hydrogen) atoms. The van der Waals surface area contributed by atoms with Gasteiger partial charge in [-0.15, -0.1) is 0 Å². The van der Waals surface area contributed by atoms with Gasteiger partial charge in [0.2, 0.25) is 0 Å². The van der Waals surface area contributed by atoms with Crippen molar-refractivity contribution in [2.75, 3.05) is 11.4 Å². The highest BCUT2D eigenvalue weighted by Crippen LogP contribution is 2.37. The number of benzene rings is 1. The second-order valence-corrected chi connectivity index (χ2v) is 5.00. The molecule has 1 N–H and O–H groups in total. The molecule has 0 aliphatic carbocycles. The number of fused-ring (bicyclic) bond motifs is 1. The largest absolute Gasteiger partial charge is 0.416 e. The summed E-state index contributed by atoms with van der Waals surface area (Å²) in [6, 6.07) is 2.61. The van der Waals surface area contributed by atoms with Gasteiger partial charge in [-0.2, -0.15) is 18.3 Å². The number of anilines is 1. The molecule has 0 unspecified atom stereocenters. The number of alkyl halides is 3. The highest BCUT2D eigenvalue weighted by atomic mass is 19.4. The Morgan fingerprint density at radius 3 is 2.82 bits per heavy atom. The lowest BCUT2D eigenvalue weighted by Gasteiger charge is -2.28. The Kier molecular flexibility index (Phi) is 3.27. The van der Waals surface area contributed by atoms with Crippen molar-refractivity contribution in [2.24, 2.45) is 0 Å². The molecular weight excluding hydrogens is 301 g/mol. The maximum Gasteiger partial charge on any atom is 0.416 e. The van der Waals surface area contributed by atoms with Gasteiger partial charge in [-0.05, 0) is 12.1 Å². The van der Waals surface area contributed by atoms with Crippen LogP contribution in [0.25, 0.3) is 0 Å². The number of nitro groups is 1. The lowest BCUT2D eigenvalue weighted by molar-refractivity contribution is -0.384. The van der Waals surface area contributed by atoms with Crippen LogP contribution < -0.4 is 4.90 Å². The van der Waals surface area contributed by atoms with E-state index in [1.807, 2.05) is 0 Å². The van der Waals surface area contributed by atoms with Crippen molar-refractivity contribution in [2.45, 2.75) is 19.1 Å². The molecule has 2 aromatic rings. The lowest BCUT2D eigenvalue weighted by Crippen LogP contribution is -2.30. The van der Waals surface area contributed by atoms with Crippen LogP contribution in [0.15, 0.2) is 24.4 Å². The minimum atomic E-state index is -4.61. The summed E-state index contributed by atoms with van der Waals surface area (Å²) in [6.07, 6.45) is -2.38. The van der Waals surface area contributed by atoms with Gasteiger partial charge in [-0.3, -0.25) is 15.2 Å². The van der Waals surface area contributed by atoms with E-state index in [1.54, 1.807) is 11.1 Å². The highest BCUT2D eigenvalue weighted by Gasteiger charge is 2.34. The molecule has 0 bridgehead atoms. The summed E-state index contributed by atoms with van der Waals surface area (Å²) in [5.41, 5.74) is 0.460. The quantitative estimate of drug-likeness (QED) is 0.683. The Morgan fingerprint density at radius 2 is 2.14 bits per heavy atom. The SMILES string of the molecule is O=[N+]([O-])c1cc(C(F)(F)F)ccc1N1CCc2[nH]ncc2C1. The van der Waals surface area contributed by atoms with Crippen LogP contribution in [0.5, 0.6) is 0 Å². The fourth-order valence-electron chi connectivity index (χ4n) is 2.54. The molecule has 0 spiro atoms. The van der Waals surface area contributed by atoms with Crippen LogP contribution in [-0.2, 0) is 19.1 Å². The maximum atomic E-state index is 12.7. The molecule has 1 aliphatic rings. The lowest BCUT2D eigenvalue weighted by atomic mass is 10.1. The average molecular weight is 312 g/mol. The van der Waals surface area contributed by atoms with Crippen molar-refractivity contribution in [3.63, 3.8) is 0 Å². The standard InChI is InChI=1S/C13H11F3N4O2/c14-13(15,16)9-1-2-11(12(5-9)20(21)22)19-4-3-10-8(7-19)6-17-18-10/h1-2,5-6H,3-4,7H2,(H,17,18). The van der Waals surface area contributed by atoms with Crippen LogP contribution in [0.4, 0.5) is 24.5 Å². The molecule has 116 valence electrons. The van der Waals surface area contributed by atoms with Gasteiger partial charge in [0.25, 0.3) is 5.69 Å². The van der Waals surface area contributed by atoms with Gasteiger partial charge in [0.15, 0.2) is 0 Å². The normalized spacial score (nSPS) is 14.8. The minimum Gasteiger partial charge on any atom is -0.361 e. The number of hydrogen-bond donors (Lipinski definition) is 1. The summed E-state index contributed by atoms with van der Waals surface area (Å²) in [4.78, 5) is 12.0. The van der Waals surface area contributed by atoms with Gasteiger partial charge in [-0.1, -0.05) is 0 Å². The molecule has 6 nitrogen and oxygen atoms in total. The first-order valence-corrected chi connectivity index (χ1v) is 6.48. The summed E-state index contributed by atoms with van der Waals surface area (Å²) < 4.78 is 38.1. The van der Waals surface area contributed by atoms with Crippen molar-refractivity contribution >= 4 is 11.4 Å². The number of nitro benzene ring substituents is 1. The first-order valence-electron chi connectivity index (χ1n) is 6.48. The van der Waals surface area contributed by atoms with Crippen LogP contribution in [-0.4, -0.2) is 21.7 Å². The van der Waals surface area contributed by atoms with E-state index in [2.05, 4.69) is 10.2 Å². The van der Waals surface area contributed by atoms with Gasteiger partial charge in [0.1, 0.15) is 5.69 Å². The van der Waals surface area contributed by atoms with Gasteiger partial charge in [0, 0.05) is 36.8 Å². The van der Waals surface area contributed by atoms with Gasteiger partial charge >= 0.3 is 6.18 Å². The third-order valence-electron chi connectivity index (χ3n) is 3.64. The van der Waals surface area contributed by atoms with Crippen LogP contribution in [0.2, 0.25) is 0 Å². The molecule has 0 radical (unpaired) electrons. The molecule has 2 heterocycles. The van der Waals surface area contributed by atoms with E-state index in [4.69, 9.17) is 0 Å². The topological polar surface area (TPSA) is 75.1 Å². The summed E-state index contributed by atoms with van der Waals surface area (Å²) >= 11 is 0. The van der Waals surface area contributed by atoms with Crippen LogP contribution in [0, 0.1) is 10.1 Å². The molecular formula is C13H11F3N4O2. The Bertz CT molecular complexity index is 726. The molecule has 1 aliphatic heterocycles. The van der Waals surface area contributed by atoms with E-state index >= 15 is 0 Å². The molecule has 9 heteroatoms. The Labute approximate surface area is 122 Å². The number of nitrogens with one attached hydrogen (secondary N) is 1. The van der Waals surface area contributed by atoms with E-state index in [-0.39, 0.29) is 5.69 Å². The highest BCUT2D eigenvalue weighted by molar-refractivity contribution is 5.65. The Morgan fingerprint density at radius 1 is 1.36 bits per heavy atom. The van der Waals surface area contributed by atoms with Gasteiger partial charge < -0.3 is 4.90 Å². The van der Waals surface area contributed by atoms with E-state index in [9.17, 15) is 23.3 Å². The van der Waals surface area contributed by atoms with Gasteiger partial charge in [0.05, 0.1) is 16.7 Å². The van der Waals surface area contributed by atoms with E-state index in [0.717, 1.165) is 23.4 Å².